The van der Waals surface area contributed by atoms with Gasteiger partial charge in [-0.05, 0) is 72.3 Å². The first kappa shape index (κ1) is 19.9. The molecule has 30 heavy (non-hydrogen) atoms. The Labute approximate surface area is 183 Å². The van der Waals surface area contributed by atoms with Gasteiger partial charge in [0, 0.05) is 10.0 Å². The molecular formula is C24H19BrN2O3. The molecule has 0 N–H and O–H groups in total. The molecule has 0 aromatic heterocycles. The van der Waals surface area contributed by atoms with E-state index < -0.39 is 0 Å². The van der Waals surface area contributed by atoms with Crippen molar-refractivity contribution in [2.24, 2.45) is 4.99 Å². The van der Waals surface area contributed by atoms with Crippen LogP contribution in [0.2, 0.25) is 0 Å². The Morgan fingerprint density at radius 1 is 0.900 bits per heavy atom. The van der Waals surface area contributed by atoms with E-state index in [0.717, 1.165) is 32.8 Å². The van der Waals surface area contributed by atoms with E-state index in [1.165, 1.54) is 0 Å². The molecule has 3 aromatic rings. The number of methoxy groups -OCH3 is 2. The standard InChI is InChI=1S/C24H19BrN2O3/c1-29-20-12-6-17(7-13-20)23-26-22(15-16-4-3-5-21(14-16)30-2)24(28)27(23)19-10-8-18(25)9-11-19/h3-15H,1-2H3/b22-15+. The Hall–Kier alpha value is -3.38. The van der Waals surface area contributed by atoms with E-state index in [0.29, 0.717) is 11.5 Å². The zero-order valence-corrected chi connectivity index (χ0v) is 18.1. The minimum Gasteiger partial charge on any atom is -0.497 e. The summed E-state index contributed by atoms with van der Waals surface area (Å²) in [4.78, 5) is 19.6. The highest BCUT2D eigenvalue weighted by Crippen LogP contribution is 2.30. The number of ether oxygens (including phenoxy) is 2. The second kappa shape index (κ2) is 8.55. The summed E-state index contributed by atoms with van der Waals surface area (Å²) in [5.74, 6) is 1.84. The minimum atomic E-state index is -0.189. The average molecular weight is 463 g/mol. The van der Waals surface area contributed by atoms with Gasteiger partial charge in [-0.15, -0.1) is 0 Å². The van der Waals surface area contributed by atoms with Crippen molar-refractivity contribution in [3.8, 4) is 11.5 Å². The van der Waals surface area contributed by atoms with Gasteiger partial charge in [-0.3, -0.25) is 9.69 Å². The van der Waals surface area contributed by atoms with E-state index in [1.54, 1.807) is 25.2 Å². The molecule has 0 aliphatic carbocycles. The van der Waals surface area contributed by atoms with E-state index in [2.05, 4.69) is 20.9 Å². The van der Waals surface area contributed by atoms with Crippen molar-refractivity contribution < 1.29 is 14.3 Å². The lowest BCUT2D eigenvalue weighted by atomic mass is 10.1. The van der Waals surface area contributed by atoms with E-state index in [4.69, 9.17) is 9.47 Å². The third-order valence-corrected chi connectivity index (χ3v) is 5.22. The van der Waals surface area contributed by atoms with Gasteiger partial charge in [0.2, 0.25) is 0 Å². The smallest absolute Gasteiger partial charge is 0.282 e. The fourth-order valence-electron chi connectivity index (χ4n) is 3.17. The highest BCUT2D eigenvalue weighted by atomic mass is 79.9. The molecule has 0 atom stereocenters. The fraction of sp³-hybridized carbons (Fsp3) is 0.0833. The summed E-state index contributed by atoms with van der Waals surface area (Å²) < 4.78 is 11.5. The molecule has 1 amide bonds. The Balaban J connectivity index is 1.80. The van der Waals surface area contributed by atoms with Gasteiger partial charge >= 0.3 is 0 Å². The van der Waals surface area contributed by atoms with Gasteiger partial charge in [0.25, 0.3) is 5.91 Å². The molecule has 1 heterocycles. The zero-order valence-electron chi connectivity index (χ0n) is 16.5. The van der Waals surface area contributed by atoms with Crippen LogP contribution in [0, 0.1) is 0 Å². The second-order valence-electron chi connectivity index (χ2n) is 6.59. The lowest BCUT2D eigenvalue weighted by Gasteiger charge is -2.18. The number of nitrogens with zero attached hydrogens (tertiary/aromatic N) is 2. The van der Waals surface area contributed by atoms with Crippen molar-refractivity contribution in [1.82, 2.24) is 0 Å². The van der Waals surface area contributed by atoms with Crippen LogP contribution in [0.1, 0.15) is 11.1 Å². The van der Waals surface area contributed by atoms with Crippen LogP contribution in [0.3, 0.4) is 0 Å². The molecule has 0 radical (unpaired) electrons. The molecule has 1 aliphatic rings. The predicted octanol–water partition coefficient (Wildman–Crippen LogP) is 5.30. The lowest BCUT2D eigenvalue weighted by Crippen LogP contribution is -2.32. The largest absolute Gasteiger partial charge is 0.497 e. The maximum absolute atomic E-state index is 13.3. The van der Waals surface area contributed by atoms with Crippen molar-refractivity contribution in [3.05, 3.63) is 94.1 Å². The molecule has 0 bridgehead atoms. The number of aliphatic imine (C=N–C) groups is 1. The van der Waals surface area contributed by atoms with Crippen LogP contribution in [0.4, 0.5) is 5.69 Å². The summed E-state index contributed by atoms with van der Waals surface area (Å²) in [5.41, 5.74) is 2.76. The van der Waals surface area contributed by atoms with Crippen molar-refractivity contribution >= 4 is 39.4 Å². The van der Waals surface area contributed by atoms with Gasteiger partial charge in [0.1, 0.15) is 23.0 Å². The Morgan fingerprint density at radius 3 is 2.27 bits per heavy atom. The first-order valence-corrected chi connectivity index (χ1v) is 10.1. The maximum Gasteiger partial charge on any atom is 0.282 e. The van der Waals surface area contributed by atoms with Crippen molar-refractivity contribution in [2.45, 2.75) is 0 Å². The van der Waals surface area contributed by atoms with E-state index in [9.17, 15) is 4.79 Å². The number of benzene rings is 3. The topological polar surface area (TPSA) is 51.1 Å². The lowest BCUT2D eigenvalue weighted by molar-refractivity contribution is -0.113. The van der Waals surface area contributed by atoms with Gasteiger partial charge in [0.15, 0.2) is 0 Å². The number of amidine groups is 1. The summed E-state index contributed by atoms with van der Waals surface area (Å²) in [6, 6.07) is 22.6. The summed E-state index contributed by atoms with van der Waals surface area (Å²) in [5, 5.41) is 0. The first-order valence-electron chi connectivity index (χ1n) is 9.28. The second-order valence-corrected chi connectivity index (χ2v) is 7.50. The van der Waals surface area contributed by atoms with E-state index in [1.807, 2.05) is 72.8 Å². The fourth-order valence-corrected chi connectivity index (χ4v) is 3.43. The minimum absolute atomic E-state index is 0.189. The normalized spacial score (nSPS) is 14.8. The molecule has 150 valence electrons. The van der Waals surface area contributed by atoms with Gasteiger partial charge in [-0.25, -0.2) is 4.99 Å². The third-order valence-electron chi connectivity index (χ3n) is 4.69. The summed E-state index contributed by atoms with van der Waals surface area (Å²) >= 11 is 3.44. The van der Waals surface area contributed by atoms with E-state index >= 15 is 0 Å². The number of rotatable bonds is 5. The Morgan fingerprint density at radius 2 is 1.60 bits per heavy atom. The Bertz CT molecular complexity index is 1140. The number of hydrogen-bond donors (Lipinski definition) is 0. The Kier molecular flexibility index (Phi) is 5.68. The molecular weight excluding hydrogens is 444 g/mol. The van der Waals surface area contributed by atoms with Crippen LogP contribution in [0.15, 0.2) is 88.0 Å². The molecule has 0 unspecified atom stereocenters. The molecule has 0 saturated heterocycles. The number of halogens is 1. The van der Waals surface area contributed by atoms with Gasteiger partial charge < -0.3 is 9.47 Å². The summed E-state index contributed by atoms with van der Waals surface area (Å²) in [6.45, 7) is 0. The van der Waals surface area contributed by atoms with Crippen LogP contribution in [-0.2, 0) is 4.79 Å². The molecule has 0 saturated carbocycles. The molecule has 0 spiro atoms. The summed E-state index contributed by atoms with van der Waals surface area (Å²) in [7, 11) is 3.23. The monoisotopic (exact) mass is 462 g/mol. The van der Waals surface area contributed by atoms with Crippen molar-refractivity contribution in [2.75, 3.05) is 19.1 Å². The SMILES string of the molecule is COc1ccc(C2=N/C(=C/c3cccc(OC)c3)C(=O)N2c2ccc(Br)cc2)cc1. The molecule has 3 aromatic carbocycles. The van der Waals surface area contributed by atoms with Crippen molar-refractivity contribution in [1.29, 1.82) is 0 Å². The van der Waals surface area contributed by atoms with Gasteiger partial charge in [-0.2, -0.15) is 0 Å². The number of amides is 1. The van der Waals surface area contributed by atoms with Crippen LogP contribution in [-0.4, -0.2) is 26.0 Å². The third kappa shape index (κ3) is 4.00. The zero-order chi connectivity index (χ0) is 21.1. The van der Waals surface area contributed by atoms with Crippen LogP contribution < -0.4 is 14.4 Å². The quantitative estimate of drug-likeness (QED) is 0.483. The first-order chi connectivity index (χ1) is 14.6. The van der Waals surface area contributed by atoms with Crippen LogP contribution >= 0.6 is 15.9 Å². The molecule has 1 aliphatic heterocycles. The molecule has 4 rings (SSSR count). The molecule has 5 nitrogen and oxygen atoms in total. The van der Waals surface area contributed by atoms with Gasteiger partial charge in [0.05, 0.1) is 19.9 Å². The highest BCUT2D eigenvalue weighted by molar-refractivity contribution is 9.10. The van der Waals surface area contributed by atoms with Crippen LogP contribution in [0.5, 0.6) is 11.5 Å². The number of hydrogen-bond acceptors (Lipinski definition) is 4. The predicted molar refractivity (Wildman–Crippen MR) is 122 cm³/mol. The van der Waals surface area contributed by atoms with Gasteiger partial charge in [-0.1, -0.05) is 28.1 Å². The average Bonchev–Trinajstić information content (AvgIpc) is 3.10. The highest BCUT2D eigenvalue weighted by Gasteiger charge is 2.32. The van der Waals surface area contributed by atoms with Crippen LogP contribution in [0.25, 0.3) is 6.08 Å². The molecule has 0 fully saturated rings. The number of anilines is 1. The number of carbonyl (C=O) groups is 1. The molecule has 6 heteroatoms. The van der Waals surface area contributed by atoms with E-state index in [-0.39, 0.29) is 5.91 Å². The number of carbonyl (C=O) groups excluding carboxylic acids is 1. The van der Waals surface area contributed by atoms with Crippen molar-refractivity contribution in [3.63, 3.8) is 0 Å². The maximum atomic E-state index is 13.3. The summed E-state index contributed by atoms with van der Waals surface area (Å²) in [6.07, 6.45) is 1.77.